The molecule has 1 aliphatic rings. The van der Waals surface area contributed by atoms with Crippen molar-refractivity contribution in [2.75, 3.05) is 26.3 Å². The van der Waals surface area contributed by atoms with Gasteiger partial charge in [-0.2, -0.15) is 0 Å². The molecule has 1 aromatic heterocycles. The minimum absolute atomic E-state index is 0.0299. The number of furan rings is 1. The van der Waals surface area contributed by atoms with Crippen LogP contribution in [0.1, 0.15) is 23.0 Å². The average Bonchev–Trinajstić information content (AvgIpc) is 3.17. The van der Waals surface area contributed by atoms with Gasteiger partial charge in [0.15, 0.2) is 6.61 Å². The number of rotatable bonds is 5. The Balaban J connectivity index is 1.72. The number of carbonyl (C=O) groups is 3. The second-order valence-corrected chi connectivity index (χ2v) is 5.50. The van der Waals surface area contributed by atoms with Gasteiger partial charge in [0.25, 0.3) is 5.91 Å². The van der Waals surface area contributed by atoms with Crippen LogP contribution in [0, 0.1) is 6.92 Å². The first-order valence-corrected chi connectivity index (χ1v) is 7.92. The van der Waals surface area contributed by atoms with Gasteiger partial charge in [-0.1, -0.05) is 0 Å². The van der Waals surface area contributed by atoms with Gasteiger partial charge in [-0.05, 0) is 32.0 Å². The van der Waals surface area contributed by atoms with Gasteiger partial charge in [0.1, 0.15) is 11.3 Å². The summed E-state index contributed by atoms with van der Waals surface area (Å²) in [5.74, 6) is -0.619. The molecule has 0 atom stereocenters. The van der Waals surface area contributed by atoms with Crippen molar-refractivity contribution in [3.63, 3.8) is 0 Å². The number of ether oxygens (including phenoxy) is 2. The maximum Gasteiger partial charge on any atom is 0.375 e. The van der Waals surface area contributed by atoms with Gasteiger partial charge in [-0.3, -0.25) is 9.69 Å². The lowest BCUT2D eigenvalue weighted by Gasteiger charge is -2.11. The van der Waals surface area contributed by atoms with Crippen LogP contribution >= 0.6 is 0 Å². The van der Waals surface area contributed by atoms with Crippen molar-refractivity contribution in [1.29, 1.82) is 0 Å². The largest absolute Gasteiger partial charge is 0.494 e. The first-order chi connectivity index (χ1) is 12.0. The number of carbonyl (C=O) groups excluding carboxylic acids is 3. The van der Waals surface area contributed by atoms with E-state index >= 15 is 0 Å². The van der Waals surface area contributed by atoms with Gasteiger partial charge in [0.2, 0.25) is 5.76 Å². The highest BCUT2D eigenvalue weighted by Crippen LogP contribution is 2.29. The molecule has 8 heteroatoms. The fourth-order valence-electron chi connectivity index (χ4n) is 2.63. The molecule has 132 valence electrons. The lowest BCUT2D eigenvalue weighted by atomic mass is 10.1. The van der Waals surface area contributed by atoms with E-state index in [1.165, 1.54) is 0 Å². The third-order valence-corrected chi connectivity index (χ3v) is 3.89. The number of amides is 3. The van der Waals surface area contributed by atoms with Crippen molar-refractivity contribution in [3.05, 3.63) is 29.5 Å². The van der Waals surface area contributed by atoms with Crippen molar-refractivity contribution in [1.82, 2.24) is 10.2 Å². The number of benzene rings is 1. The van der Waals surface area contributed by atoms with Crippen molar-refractivity contribution in [3.8, 4) is 5.75 Å². The summed E-state index contributed by atoms with van der Waals surface area (Å²) in [5, 5.41) is 3.25. The van der Waals surface area contributed by atoms with E-state index in [1.807, 2.05) is 6.92 Å². The van der Waals surface area contributed by atoms with E-state index in [4.69, 9.17) is 13.9 Å². The molecule has 0 unspecified atom stereocenters. The predicted octanol–water partition coefficient (Wildman–Crippen LogP) is 1.85. The summed E-state index contributed by atoms with van der Waals surface area (Å²) >= 11 is 0. The summed E-state index contributed by atoms with van der Waals surface area (Å²) in [5.41, 5.74) is 1.13. The molecule has 1 saturated heterocycles. The van der Waals surface area contributed by atoms with E-state index in [2.05, 4.69) is 5.32 Å². The van der Waals surface area contributed by atoms with Crippen LogP contribution in [0.4, 0.5) is 4.79 Å². The predicted molar refractivity (Wildman–Crippen MR) is 87.5 cm³/mol. The molecule has 25 heavy (non-hydrogen) atoms. The smallest absolute Gasteiger partial charge is 0.375 e. The lowest BCUT2D eigenvalue weighted by Crippen LogP contribution is -2.37. The molecule has 3 amide bonds. The third-order valence-electron chi connectivity index (χ3n) is 3.89. The van der Waals surface area contributed by atoms with E-state index in [-0.39, 0.29) is 12.3 Å². The highest BCUT2D eigenvalue weighted by Gasteiger charge is 2.28. The summed E-state index contributed by atoms with van der Waals surface area (Å²) in [6.45, 7) is 4.28. The summed E-state index contributed by atoms with van der Waals surface area (Å²) in [4.78, 5) is 36.6. The molecule has 8 nitrogen and oxygen atoms in total. The van der Waals surface area contributed by atoms with Crippen LogP contribution < -0.4 is 10.1 Å². The normalized spacial score (nSPS) is 13.8. The monoisotopic (exact) mass is 346 g/mol. The summed E-state index contributed by atoms with van der Waals surface area (Å²) in [6, 6.07) is 4.77. The fourth-order valence-corrected chi connectivity index (χ4v) is 2.63. The molecule has 0 aliphatic carbocycles. The molecule has 0 spiro atoms. The van der Waals surface area contributed by atoms with Crippen LogP contribution in [-0.4, -0.2) is 49.1 Å². The fraction of sp³-hybridized carbons (Fsp3) is 0.353. The molecule has 2 heterocycles. The molecule has 0 radical (unpaired) electrons. The van der Waals surface area contributed by atoms with Crippen molar-refractivity contribution < 1.29 is 28.3 Å². The van der Waals surface area contributed by atoms with E-state index in [1.54, 1.807) is 25.1 Å². The molecule has 1 aliphatic heterocycles. The first kappa shape index (κ1) is 16.8. The summed E-state index contributed by atoms with van der Waals surface area (Å²) in [7, 11) is 0. The Morgan fingerprint density at radius 1 is 1.36 bits per heavy atom. The Labute approximate surface area is 143 Å². The first-order valence-electron chi connectivity index (χ1n) is 7.92. The lowest BCUT2D eigenvalue weighted by molar-refractivity contribution is -0.130. The third kappa shape index (κ3) is 3.28. The SMILES string of the molecule is CCOc1ccc2oc(C(=O)OCC(=O)N3CCNC3=O)c(C)c2c1. The van der Waals surface area contributed by atoms with Gasteiger partial charge in [0, 0.05) is 24.0 Å². The Morgan fingerprint density at radius 3 is 2.84 bits per heavy atom. The number of aryl methyl sites for hydroxylation is 1. The van der Waals surface area contributed by atoms with Crippen molar-refractivity contribution >= 4 is 28.9 Å². The van der Waals surface area contributed by atoms with Gasteiger partial charge in [-0.15, -0.1) is 0 Å². The van der Waals surface area contributed by atoms with Crippen LogP contribution in [0.25, 0.3) is 11.0 Å². The number of urea groups is 1. The highest BCUT2D eigenvalue weighted by molar-refractivity contribution is 5.99. The van der Waals surface area contributed by atoms with Crippen LogP contribution in [-0.2, 0) is 9.53 Å². The number of hydrogen-bond acceptors (Lipinski definition) is 6. The molecular formula is C17H18N2O6. The Morgan fingerprint density at radius 2 is 2.16 bits per heavy atom. The molecule has 0 saturated carbocycles. The zero-order valence-electron chi connectivity index (χ0n) is 14.0. The number of nitrogens with one attached hydrogen (secondary N) is 1. The van der Waals surface area contributed by atoms with Crippen molar-refractivity contribution in [2.24, 2.45) is 0 Å². The van der Waals surface area contributed by atoms with Crippen LogP contribution in [0.2, 0.25) is 0 Å². The number of hydrogen-bond donors (Lipinski definition) is 1. The average molecular weight is 346 g/mol. The quantitative estimate of drug-likeness (QED) is 0.830. The minimum atomic E-state index is -0.750. The Bertz CT molecular complexity index is 841. The van der Waals surface area contributed by atoms with E-state index < -0.39 is 24.5 Å². The van der Waals surface area contributed by atoms with E-state index in [0.717, 1.165) is 10.3 Å². The van der Waals surface area contributed by atoms with Gasteiger partial charge < -0.3 is 19.2 Å². The number of imide groups is 1. The molecular weight excluding hydrogens is 328 g/mol. The van der Waals surface area contributed by atoms with Crippen molar-refractivity contribution in [2.45, 2.75) is 13.8 Å². The topological polar surface area (TPSA) is 98.1 Å². The van der Waals surface area contributed by atoms with Crippen LogP contribution in [0.3, 0.4) is 0 Å². The van der Waals surface area contributed by atoms with Crippen LogP contribution in [0.5, 0.6) is 5.75 Å². The second kappa shape index (κ2) is 6.84. The Kier molecular flexibility index (Phi) is 4.60. The maximum absolute atomic E-state index is 12.2. The van der Waals surface area contributed by atoms with Gasteiger partial charge in [-0.25, -0.2) is 9.59 Å². The molecule has 0 bridgehead atoms. The zero-order chi connectivity index (χ0) is 18.0. The second-order valence-electron chi connectivity index (χ2n) is 5.50. The number of nitrogens with zero attached hydrogens (tertiary/aromatic N) is 1. The molecule has 1 aromatic carbocycles. The summed E-state index contributed by atoms with van der Waals surface area (Å²) in [6.07, 6.45) is 0. The van der Waals surface area contributed by atoms with Crippen LogP contribution in [0.15, 0.2) is 22.6 Å². The molecule has 2 aromatic rings. The van der Waals surface area contributed by atoms with Gasteiger partial charge >= 0.3 is 12.0 Å². The highest BCUT2D eigenvalue weighted by atomic mass is 16.5. The molecule has 1 fully saturated rings. The minimum Gasteiger partial charge on any atom is -0.494 e. The summed E-state index contributed by atoms with van der Waals surface area (Å²) < 4.78 is 16.0. The number of esters is 1. The Hall–Kier alpha value is -3.03. The van der Waals surface area contributed by atoms with E-state index in [0.29, 0.717) is 30.0 Å². The standard InChI is InChI=1S/C17H18N2O6/c1-3-23-11-4-5-13-12(8-11)10(2)15(25-13)16(21)24-9-14(20)19-7-6-18-17(19)22/h4-5,8H,3,6-7,9H2,1-2H3,(H,18,22). The number of fused-ring (bicyclic) bond motifs is 1. The maximum atomic E-state index is 12.2. The molecule has 3 rings (SSSR count). The molecule has 1 N–H and O–H groups in total. The zero-order valence-corrected chi connectivity index (χ0v) is 14.0. The van der Waals surface area contributed by atoms with Gasteiger partial charge in [0.05, 0.1) is 6.61 Å². The van der Waals surface area contributed by atoms with E-state index in [9.17, 15) is 14.4 Å².